The lowest BCUT2D eigenvalue weighted by atomic mass is 9.76. The molecule has 2 aromatic carbocycles. The first-order valence-corrected chi connectivity index (χ1v) is 13.7. The van der Waals surface area contributed by atoms with E-state index in [1.54, 1.807) is 6.07 Å². The number of halogens is 6. The smallest absolute Gasteiger partial charge is 0.358 e. The summed E-state index contributed by atoms with van der Waals surface area (Å²) in [6, 6.07) is 5.77. The van der Waals surface area contributed by atoms with E-state index in [0.29, 0.717) is 56.4 Å². The minimum absolute atomic E-state index is 0.0642. The number of aliphatic hydroxyl groups excluding tert-OH is 1. The van der Waals surface area contributed by atoms with Gasteiger partial charge in [0.1, 0.15) is 12.6 Å². The first-order chi connectivity index (χ1) is 18.6. The molecule has 2 saturated carbocycles. The molecule has 4 rings (SSSR count). The number of hydrogen-bond donors (Lipinski definition) is 1. The average molecular weight is 559 g/mol. The Morgan fingerprint density at radius 1 is 0.872 bits per heavy atom. The topological polar surface area (TPSA) is 38.7 Å². The zero-order valence-electron chi connectivity index (χ0n) is 22.1. The monoisotopic (exact) mass is 558 g/mol. The molecule has 9 heteroatoms. The Morgan fingerprint density at radius 3 is 2.10 bits per heavy atom. The second-order valence-corrected chi connectivity index (χ2v) is 11.2. The van der Waals surface area contributed by atoms with Crippen molar-refractivity contribution in [1.29, 1.82) is 0 Å². The van der Waals surface area contributed by atoms with Crippen LogP contribution in [0.25, 0.3) is 11.1 Å². The van der Waals surface area contributed by atoms with Gasteiger partial charge in [-0.3, -0.25) is 0 Å². The molecule has 0 radical (unpaired) electrons. The number of benzene rings is 2. The van der Waals surface area contributed by atoms with E-state index in [1.165, 1.54) is 12.1 Å². The van der Waals surface area contributed by atoms with Gasteiger partial charge in [0.25, 0.3) is 0 Å². The van der Waals surface area contributed by atoms with E-state index < -0.39 is 48.2 Å². The van der Waals surface area contributed by atoms with Gasteiger partial charge in [0, 0.05) is 5.56 Å². The van der Waals surface area contributed by atoms with Crippen molar-refractivity contribution in [3.05, 3.63) is 59.2 Å². The summed E-state index contributed by atoms with van der Waals surface area (Å²) in [5, 5.41) is 9.19. The van der Waals surface area contributed by atoms with Gasteiger partial charge < -0.3 is 14.6 Å². The summed E-state index contributed by atoms with van der Waals surface area (Å²) >= 11 is 0. The van der Waals surface area contributed by atoms with Gasteiger partial charge >= 0.3 is 6.11 Å². The van der Waals surface area contributed by atoms with E-state index >= 15 is 0 Å². The third kappa shape index (κ3) is 7.55. The van der Waals surface area contributed by atoms with Gasteiger partial charge in [0.15, 0.2) is 17.5 Å². The maximum Gasteiger partial charge on any atom is 0.358 e. The van der Waals surface area contributed by atoms with Crippen LogP contribution in [0.2, 0.25) is 0 Å². The number of aliphatic hydroxyl groups is 1. The molecule has 216 valence electrons. The number of ether oxygens (including phenoxy) is 2. The van der Waals surface area contributed by atoms with Crippen molar-refractivity contribution >= 4 is 0 Å². The highest BCUT2D eigenvalue weighted by atomic mass is 19.3. The fraction of sp³-hybridized carbons (Fsp3) is 0.600. The summed E-state index contributed by atoms with van der Waals surface area (Å²) in [4.78, 5) is 0. The molecule has 2 aliphatic rings. The predicted octanol–water partition coefficient (Wildman–Crippen LogP) is 8.03. The second kappa shape index (κ2) is 13.0. The molecule has 1 N–H and O–H groups in total. The van der Waals surface area contributed by atoms with Gasteiger partial charge in [-0.1, -0.05) is 31.9 Å². The Labute approximate surface area is 225 Å². The Kier molecular flexibility index (Phi) is 9.99. The molecule has 2 aliphatic carbocycles. The molecule has 0 bridgehead atoms. The molecule has 1 unspecified atom stereocenters. The molecule has 2 fully saturated rings. The van der Waals surface area contributed by atoms with Crippen LogP contribution in [0.1, 0.15) is 63.9 Å². The molecule has 0 aromatic heterocycles. The Hall–Kier alpha value is -2.10. The van der Waals surface area contributed by atoms with Crippen molar-refractivity contribution in [3.8, 4) is 11.1 Å². The standard InChI is InChI=1S/C30H36F6O3/c1-18-2-7-23(8-3-18)30(35,36)39-24-9-5-20(6-10-24)22(16-38-17-37)12-19-4-11-25(26(31)13-19)21-14-27(32)29(34)28(33)15-21/h4,11,13-15,18,20,22-24,37H,2-3,5-10,12,16-17H2,1H3. The highest BCUT2D eigenvalue weighted by Crippen LogP contribution is 2.42. The van der Waals surface area contributed by atoms with E-state index in [9.17, 15) is 31.4 Å². The van der Waals surface area contributed by atoms with Crippen molar-refractivity contribution in [2.75, 3.05) is 13.4 Å². The Balaban J connectivity index is 1.38. The molecular formula is C30H36F6O3. The van der Waals surface area contributed by atoms with Crippen molar-refractivity contribution < 1.29 is 40.9 Å². The quantitative estimate of drug-likeness (QED) is 0.182. The lowest BCUT2D eigenvalue weighted by molar-refractivity contribution is -0.302. The molecule has 39 heavy (non-hydrogen) atoms. The summed E-state index contributed by atoms with van der Waals surface area (Å²) in [6.45, 7) is 1.82. The van der Waals surface area contributed by atoms with Crippen LogP contribution in [0.3, 0.4) is 0 Å². The highest BCUT2D eigenvalue weighted by molar-refractivity contribution is 5.64. The highest BCUT2D eigenvalue weighted by Gasteiger charge is 2.44. The zero-order chi connectivity index (χ0) is 28.2. The number of rotatable bonds is 10. The van der Waals surface area contributed by atoms with Gasteiger partial charge in [-0.2, -0.15) is 8.78 Å². The predicted molar refractivity (Wildman–Crippen MR) is 135 cm³/mol. The molecule has 1 atom stereocenters. The normalized spacial score (nSPS) is 25.0. The van der Waals surface area contributed by atoms with E-state index in [-0.39, 0.29) is 29.6 Å². The van der Waals surface area contributed by atoms with Crippen LogP contribution in [0.4, 0.5) is 26.3 Å². The molecule has 0 saturated heterocycles. The zero-order valence-corrected chi connectivity index (χ0v) is 22.1. The summed E-state index contributed by atoms with van der Waals surface area (Å²) in [5.74, 6) is -5.40. The summed E-state index contributed by atoms with van der Waals surface area (Å²) in [6.07, 6.45) is 1.51. The fourth-order valence-electron chi connectivity index (χ4n) is 6.09. The molecule has 2 aromatic rings. The van der Waals surface area contributed by atoms with Crippen LogP contribution >= 0.6 is 0 Å². The van der Waals surface area contributed by atoms with E-state index in [1.807, 2.05) is 0 Å². The number of hydrogen-bond acceptors (Lipinski definition) is 3. The lowest BCUT2D eigenvalue weighted by Crippen LogP contribution is -2.39. The van der Waals surface area contributed by atoms with Crippen molar-refractivity contribution in [2.24, 2.45) is 23.7 Å². The maximum atomic E-state index is 14.9. The Bertz CT molecular complexity index is 1070. The van der Waals surface area contributed by atoms with Gasteiger partial charge in [-0.05, 0) is 92.0 Å². The van der Waals surface area contributed by atoms with Crippen molar-refractivity contribution in [1.82, 2.24) is 0 Å². The van der Waals surface area contributed by atoms with Gasteiger partial charge in [-0.25, -0.2) is 17.6 Å². The van der Waals surface area contributed by atoms with Gasteiger partial charge in [-0.15, -0.1) is 0 Å². The number of alkyl halides is 2. The first-order valence-electron chi connectivity index (χ1n) is 13.7. The SMILES string of the molecule is CC1CCC(C(F)(F)OC2CCC(C(COCO)Cc3ccc(-c4cc(F)c(F)c(F)c4)c(F)c3)CC2)CC1. The van der Waals surface area contributed by atoms with E-state index in [4.69, 9.17) is 9.47 Å². The van der Waals surface area contributed by atoms with Crippen LogP contribution in [0.15, 0.2) is 30.3 Å². The van der Waals surface area contributed by atoms with Crippen LogP contribution in [0, 0.1) is 46.9 Å². The first kappa shape index (κ1) is 29.9. The van der Waals surface area contributed by atoms with Crippen LogP contribution < -0.4 is 0 Å². The molecule has 0 spiro atoms. The van der Waals surface area contributed by atoms with E-state index in [0.717, 1.165) is 25.0 Å². The lowest BCUT2D eigenvalue weighted by Gasteiger charge is -2.38. The summed E-state index contributed by atoms with van der Waals surface area (Å²) in [7, 11) is 0. The second-order valence-electron chi connectivity index (χ2n) is 11.2. The van der Waals surface area contributed by atoms with Gasteiger partial charge in [0.05, 0.1) is 18.6 Å². The largest absolute Gasteiger partial charge is 0.371 e. The van der Waals surface area contributed by atoms with Crippen LogP contribution in [-0.2, 0) is 15.9 Å². The molecule has 0 aliphatic heterocycles. The van der Waals surface area contributed by atoms with Crippen LogP contribution in [0.5, 0.6) is 0 Å². The average Bonchev–Trinajstić information content (AvgIpc) is 2.90. The van der Waals surface area contributed by atoms with Crippen molar-refractivity contribution in [3.63, 3.8) is 0 Å². The molecule has 0 heterocycles. The van der Waals surface area contributed by atoms with Crippen LogP contribution in [-0.4, -0.2) is 30.7 Å². The van der Waals surface area contributed by atoms with Gasteiger partial charge in [0.2, 0.25) is 0 Å². The van der Waals surface area contributed by atoms with E-state index in [2.05, 4.69) is 6.92 Å². The Morgan fingerprint density at radius 2 is 1.51 bits per heavy atom. The third-order valence-electron chi connectivity index (χ3n) is 8.45. The fourth-order valence-corrected chi connectivity index (χ4v) is 6.09. The third-order valence-corrected chi connectivity index (χ3v) is 8.45. The maximum absolute atomic E-state index is 14.9. The summed E-state index contributed by atoms with van der Waals surface area (Å²) < 4.78 is 95.8. The minimum Gasteiger partial charge on any atom is -0.371 e. The molecule has 3 nitrogen and oxygen atoms in total. The summed E-state index contributed by atoms with van der Waals surface area (Å²) in [5.41, 5.74) is 0.432. The van der Waals surface area contributed by atoms with Crippen molar-refractivity contribution in [2.45, 2.75) is 76.9 Å². The molecular weight excluding hydrogens is 522 g/mol. The minimum atomic E-state index is -3.13. The molecule has 0 amide bonds.